The van der Waals surface area contributed by atoms with Crippen LogP contribution in [0.2, 0.25) is 0 Å². The molecule has 0 aromatic heterocycles. The van der Waals surface area contributed by atoms with Crippen molar-refractivity contribution in [1.29, 1.82) is 0 Å². The molecule has 2 rings (SSSR count). The monoisotopic (exact) mass is 234 g/mol. The SMILES string of the molecule is C/C=C/C=C(\C=C/C1=CCC=C1)c1ccccc1. The predicted octanol–water partition coefficient (Wildman–Crippen LogP) is 5.09. The highest BCUT2D eigenvalue weighted by Gasteiger charge is 1.97. The van der Waals surface area contributed by atoms with Crippen molar-refractivity contribution in [1.82, 2.24) is 0 Å². The third-order valence-corrected chi connectivity index (χ3v) is 2.83. The minimum Gasteiger partial charge on any atom is -0.0876 e. The smallest absolute Gasteiger partial charge is 0.0157 e. The summed E-state index contributed by atoms with van der Waals surface area (Å²) < 4.78 is 0. The van der Waals surface area contributed by atoms with Gasteiger partial charge in [-0.3, -0.25) is 0 Å². The Bertz CT molecular complexity index is 522. The molecule has 0 unspecified atom stereocenters. The number of allylic oxidation sites excluding steroid dienone is 10. The second-order valence-corrected chi connectivity index (χ2v) is 4.19. The van der Waals surface area contributed by atoms with Gasteiger partial charge in [-0.1, -0.05) is 78.9 Å². The molecule has 1 aromatic carbocycles. The largest absolute Gasteiger partial charge is 0.0876 e. The van der Waals surface area contributed by atoms with Crippen LogP contribution in [0.25, 0.3) is 5.57 Å². The van der Waals surface area contributed by atoms with Crippen LogP contribution in [-0.2, 0) is 0 Å². The normalized spacial score (nSPS) is 15.8. The molecule has 0 nitrogen and oxygen atoms in total. The van der Waals surface area contributed by atoms with E-state index in [0.717, 1.165) is 6.42 Å². The molecular weight excluding hydrogens is 216 g/mol. The number of rotatable bonds is 4. The fraction of sp³-hybridized carbons (Fsp3) is 0.111. The molecule has 0 amide bonds. The van der Waals surface area contributed by atoms with Crippen molar-refractivity contribution in [3.05, 3.63) is 90.1 Å². The minimum atomic E-state index is 1.05. The summed E-state index contributed by atoms with van der Waals surface area (Å²) >= 11 is 0. The van der Waals surface area contributed by atoms with Gasteiger partial charge in [-0.25, -0.2) is 0 Å². The predicted molar refractivity (Wildman–Crippen MR) is 80.2 cm³/mol. The molecule has 0 heterocycles. The Morgan fingerprint density at radius 2 is 2.00 bits per heavy atom. The van der Waals surface area contributed by atoms with Gasteiger partial charge in [-0.15, -0.1) is 0 Å². The molecule has 0 atom stereocenters. The summed E-state index contributed by atoms with van der Waals surface area (Å²) in [6, 6.07) is 10.5. The van der Waals surface area contributed by atoms with E-state index in [1.54, 1.807) is 0 Å². The third kappa shape index (κ3) is 3.46. The van der Waals surface area contributed by atoms with Gasteiger partial charge in [0.15, 0.2) is 0 Å². The first kappa shape index (κ1) is 12.4. The summed E-state index contributed by atoms with van der Waals surface area (Å²) in [5.41, 5.74) is 3.77. The lowest BCUT2D eigenvalue weighted by molar-refractivity contribution is 1.44. The molecule has 1 aromatic rings. The lowest BCUT2D eigenvalue weighted by Gasteiger charge is -2.01. The Labute approximate surface area is 109 Å². The Kier molecular flexibility index (Phi) is 4.54. The fourth-order valence-electron chi connectivity index (χ4n) is 1.86. The van der Waals surface area contributed by atoms with Crippen molar-refractivity contribution in [2.45, 2.75) is 13.3 Å². The van der Waals surface area contributed by atoms with Crippen LogP contribution in [0, 0.1) is 0 Å². The molecule has 0 saturated heterocycles. The van der Waals surface area contributed by atoms with E-state index in [4.69, 9.17) is 0 Å². The summed E-state index contributed by atoms with van der Waals surface area (Å²) in [5, 5.41) is 0. The van der Waals surface area contributed by atoms with E-state index in [9.17, 15) is 0 Å². The van der Waals surface area contributed by atoms with Gasteiger partial charge in [-0.2, -0.15) is 0 Å². The molecule has 0 spiro atoms. The maximum Gasteiger partial charge on any atom is -0.0157 e. The maximum absolute atomic E-state index is 2.23. The summed E-state index contributed by atoms with van der Waals surface area (Å²) in [6.07, 6.45) is 18.2. The first-order valence-electron chi connectivity index (χ1n) is 6.33. The summed E-state index contributed by atoms with van der Waals surface area (Å²) in [6.45, 7) is 2.03. The molecule has 0 fully saturated rings. The highest BCUT2D eigenvalue weighted by atomic mass is 14.0. The average Bonchev–Trinajstić information content (AvgIpc) is 2.93. The molecule has 18 heavy (non-hydrogen) atoms. The fourth-order valence-corrected chi connectivity index (χ4v) is 1.86. The minimum absolute atomic E-state index is 1.05. The van der Waals surface area contributed by atoms with Crippen molar-refractivity contribution in [2.75, 3.05) is 0 Å². The zero-order chi connectivity index (χ0) is 12.6. The van der Waals surface area contributed by atoms with Crippen molar-refractivity contribution >= 4 is 5.57 Å². The van der Waals surface area contributed by atoms with Crippen LogP contribution in [0.4, 0.5) is 0 Å². The summed E-state index contributed by atoms with van der Waals surface area (Å²) in [7, 11) is 0. The van der Waals surface area contributed by atoms with Crippen LogP contribution < -0.4 is 0 Å². The van der Waals surface area contributed by atoms with E-state index in [0.29, 0.717) is 0 Å². The van der Waals surface area contributed by atoms with Crippen LogP contribution in [0.1, 0.15) is 18.9 Å². The average molecular weight is 234 g/mol. The van der Waals surface area contributed by atoms with E-state index >= 15 is 0 Å². The molecule has 1 aliphatic rings. The lowest BCUT2D eigenvalue weighted by atomic mass is 10.0. The maximum atomic E-state index is 2.23. The number of hydrogen-bond donors (Lipinski definition) is 0. The summed E-state index contributed by atoms with van der Waals surface area (Å²) in [5.74, 6) is 0. The molecule has 0 aliphatic heterocycles. The zero-order valence-corrected chi connectivity index (χ0v) is 10.7. The first-order chi connectivity index (χ1) is 8.90. The van der Waals surface area contributed by atoms with Crippen LogP contribution in [0.15, 0.2) is 84.5 Å². The second-order valence-electron chi connectivity index (χ2n) is 4.19. The van der Waals surface area contributed by atoms with Crippen molar-refractivity contribution in [3.63, 3.8) is 0 Å². The third-order valence-electron chi connectivity index (χ3n) is 2.83. The number of hydrogen-bond acceptors (Lipinski definition) is 0. The number of benzene rings is 1. The Balaban J connectivity index is 2.24. The van der Waals surface area contributed by atoms with Gasteiger partial charge >= 0.3 is 0 Å². The molecular formula is C18H18. The van der Waals surface area contributed by atoms with Crippen LogP contribution in [0.3, 0.4) is 0 Å². The van der Waals surface area contributed by atoms with Gasteiger partial charge in [0.2, 0.25) is 0 Å². The quantitative estimate of drug-likeness (QED) is 0.637. The molecule has 0 bridgehead atoms. The van der Waals surface area contributed by atoms with Crippen molar-refractivity contribution < 1.29 is 0 Å². The Hall–Kier alpha value is -2.08. The molecule has 0 radical (unpaired) electrons. The van der Waals surface area contributed by atoms with Crippen LogP contribution in [0.5, 0.6) is 0 Å². The van der Waals surface area contributed by atoms with Gasteiger partial charge in [0.25, 0.3) is 0 Å². The molecule has 0 saturated carbocycles. The molecule has 1 aliphatic carbocycles. The second kappa shape index (κ2) is 6.61. The van der Waals surface area contributed by atoms with Crippen LogP contribution in [-0.4, -0.2) is 0 Å². The van der Waals surface area contributed by atoms with E-state index in [1.807, 2.05) is 19.1 Å². The van der Waals surface area contributed by atoms with E-state index in [-0.39, 0.29) is 0 Å². The zero-order valence-electron chi connectivity index (χ0n) is 10.7. The van der Waals surface area contributed by atoms with E-state index in [1.165, 1.54) is 16.7 Å². The van der Waals surface area contributed by atoms with Crippen molar-refractivity contribution in [2.24, 2.45) is 0 Å². The van der Waals surface area contributed by atoms with Gasteiger partial charge in [0.05, 0.1) is 0 Å². The Morgan fingerprint density at radius 3 is 2.67 bits per heavy atom. The summed E-state index contributed by atoms with van der Waals surface area (Å²) in [4.78, 5) is 0. The van der Waals surface area contributed by atoms with Gasteiger partial charge in [-0.05, 0) is 30.1 Å². The van der Waals surface area contributed by atoms with Gasteiger partial charge in [0, 0.05) is 0 Å². The van der Waals surface area contributed by atoms with E-state index < -0.39 is 0 Å². The molecule has 0 heteroatoms. The van der Waals surface area contributed by atoms with Gasteiger partial charge in [0.1, 0.15) is 0 Å². The van der Waals surface area contributed by atoms with Gasteiger partial charge < -0.3 is 0 Å². The molecule has 90 valence electrons. The molecule has 0 N–H and O–H groups in total. The lowest BCUT2D eigenvalue weighted by Crippen LogP contribution is -1.79. The topological polar surface area (TPSA) is 0 Å². The highest BCUT2D eigenvalue weighted by molar-refractivity contribution is 5.75. The Morgan fingerprint density at radius 1 is 1.17 bits per heavy atom. The van der Waals surface area contributed by atoms with Crippen molar-refractivity contribution in [3.8, 4) is 0 Å². The standard InChI is InChI=1S/C18H18/c1-2-3-11-18(17-12-5-4-6-13-17)15-14-16-9-7-8-10-16/h2-7,9-15H,8H2,1H3/b3-2+,15-14-,18-11+. The first-order valence-corrected chi connectivity index (χ1v) is 6.33. The van der Waals surface area contributed by atoms with Crippen LogP contribution >= 0.6 is 0 Å². The van der Waals surface area contributed by atoms with E-state index in [2.05, 4.69) is 66.8 Å². The highest BCUT2D eigenvalue weighted by Crippen LogP contribution is 2.18.